The van der Waals surface area contributed by atoms with Gasteiger partial charge in [0.05, 0.1) is 6.21 Å². The molecule has 5 nitrogen and oxygen atoms in total. The van der Waals surface area contributed by atoms with Crippen LogP contribution in [0.5, 0.6) is 5.75 Å². The van der Waals surface area contributed by atoms with E-state index >= 15 is 0 Å². The highest BCUT2D eigenvalue weighted by atomic mass is 16.5. The lowest BCUT2D eigenvalue weighted by atomic mass is 10.1. The van der Waals surface area contributed by atoms with Crippen molar-refractivity contribution >= 4 is 12.1 Å². The third-order valence-electron chi connectivity index (χ3n) is 3.02. The summed E-state index contributed by atoms with van der Waals surface area (Å²) in [6, 6.07) is 9.33. The minimum Gasteiger partial charge on any atom is -0.483 e. The Labute approximate surface area is 123 Å². The van der Waals surface area contributed by atoms with Gasteiger partial charge < -0.3 is 4.74 Å². The standard InChI is InChI=1S/C16H17N3O2/c1-12-4-3-5-15(13(12)2)21-11-16(20)19-18-10-14-6-8-17-9-7-14/h3-10H,11H2,1-2H3,(H,19,20). The second kappa shape index (κ2) is 7.19. The van der Waals surface area contributed by atoms with Crippen LogP contribution in [0.1, 0.15) is 16.7 Å². The monoisotopic (exact) mass is 283 g/mol. The van der Waals surface area contributed by atoms with Gasteiger partial charge in [-0.15, -0.1) is 0 Å². The quantitative estimate of drug-likeness (QED) is 0.676. The number of pyridine rings is 1. The van der Waals surface area contributed by atoms with Crippen LogP contribution in [0, 0.1) is 13.8 Å². The first-order chi connectivity index (χ1) is 10.2. The summed E-state index contributed by atoms with van der Waals surface area (Å²) in [6.07, 6.45) is 4.87. The molecule has 0 aliphatic carbocycles. The number of hydrogen-bond donors (Lipinski definition) is 1. The average Bonchev–Trinajstić information content (AvgIpc) is 2.50. The van der Waals surface area contributed by atoms with E-state index in [4.69, 9.17) is 4.74 Å². The lowest BCUT2D eigenvalue weighted by Gasteiger charge is -2.09. The van der Waals surface area contributed by atoms with Gasteiger partial charge in [-0.3, -0.25) is 9.78 Å². The molecule has 1 amide bonds. The number of aryl methyl sites for hydroxylation is 1. The molecule has 0 saturated heterocycles. The second-order valence-electron chi connectivity index (χ2n) is 4.56. The first-order valence-corrected chi connectivity index (χ1v) is 6.58. The van der Waals surface area contributed by atoms with Crippen molar-refractivity contribution in [1.82, 2.24) is 10.4 Å². The smallest absolute Gasteiger partial charge is 0.277 e. The fraction of sp³-hybridized carbons (Fsp3) is 0.188. The molecular weight excluding hydrogens is 266 g/mol. The predicted molar refractivity (Wildman–Crippen MR) is 81.4 cm³/mol. The van der Waals surface area contributed by atoms with Gasteiger partial charge in [-0.05, 0) is 48.7 Å². The van der Waals surface area contributed by atoms with Gasteiger partial charge >= 0.3 is 0 Å². The van der Waals surface area contributed by atoms with Gasteiger partial charge in [-0.2, -0.15) is 5.10 Å². The van der Waals surface area contributed by atoms with Crippen LogP contribution >= 0.6 is 0 Å². The molecule has 1 N–H and O–H groups in total. The van der Waals surface area contributed by atoms with E-state index in [1.807, 2.05) is 32.0 Å². The van der Waals surface area contributed by atoms with Crippen molar-refractivity contribution in [1.29, 1.82) is 0 Å². The zero-order valence-corrected chi connectivity index (χ0v) is 12.0. The van der Waals surface area contributed by atoms with Crippen molar-refractivity contribution in [2.24, 2.45) is 5.10 Å². The number of hydrazone groups is 1. The van der Waals surface area contributed by atoms with Crippen LogP contribution < -0.4 is 10.2 Å². The largest absolute Gasteiger partial charge is 0.483 e. The highest BCUT2D eigenvalue weighted by Crippen LogP contribution is 2.20. The maximum absolute atomic E-state index is 11.6. The molecule has 0 atom stereocenters. The van der Waals surface area contributed by atoms with Crippen LogP contribution in [0.2, 0.25) is 0 Å². The van der Waals surface area contributed by atoms with Crippen LogP contribution in [0.25, 0.3) is 0 Å². The van der Waals surface area contributed by atoms with Gasteiger partial charge in [-0.1, -0.05) is 12.1 Å². The third-order valence-corrected chi connectivity index (χ3v) is 3.02. The summed E-state index contributed by atoms with van der Waals surface area (Å²) in [4.78, 5) is 15.5. The number of benzene rings is 1. The fourth-order valence-corrected chi connectivity index (χ4v) is 1.68. The number of carbonyl (C=O) groups is 1. The predicted octanol–water partition coefficient (Wildman–Crippen LogP) is 2.23. The Kier molecular flexibility index (Phi) is 5.04. The molecule has 1 heterocycles. The summed E-state index contributed by atoms with van der Waals surface area (Å²) in [5.41, 5.74) is 5.44. The molecule has 0 spiro atoms. The molecule has 0 aliphatic rings. The highest BCUT2D eigenvalue weighted by Gasteiger charge is 2.05. The van der Waals surface area contributed by atoms with Gasteiger partial charge in [0, 0.05) is 12.4 Å². The van der Waals surface area contributed by atoms with Crippen molar-refractivity contribution in [3.8, 4) is 5.75 Å². The first-order valence-electron chi connectivity index (χ1n) is 6.58. The Morgan fingerprint density at radius 2 is 2.05 bits per heavy atom. The first kappa shape index (κ1) is 14.7. The number of amides is 1. The SMILES string of the molecule is Cc1cccc(OCC(=O)NN=Cc2ccncc2)c1C. The Bertz CT molecular complexity index is 639. The molecule has 2 rings (SSSR count). The van der Waals surface area contributed by atoms with Crippen molar-refractivity contribution in [3.63, 3.8) is 0 Å². The van der Waals surface area contributed by atoms with Gasteiger partial charge in [0.1, 0.15) is 5.75 Å². The number of ether oxygens (including phenoxy) is 1. The summed E-state index contributed by atoms with van der Waals surface area (Å²) in [5, 5.41) is 3.86. The molecular formula is C16H17N3O2. The number of carbonyl (C=O) groups excluding carboxylic acids is 1. The van der Waals surface area contributed by atoms with Crippen molar-refractivity contribution in [3.05, 3.63) is 59.4 Å². The van der Waals surface area contributed by atoms with E-state index in [1.165, 1.54) is 0 Å². The Hall–Kier alpha value is -2.69. The fourth-order valence-electron chi connectivity index (χ4n) is 1.68. The highest BCUT2D eigenvalue weighted by molar-refractivity contribution is 5.82. The summed E-state index contributed by atoms with van der Waals surface area (Å²) in [6.45, 7) is 3.89. The molecule has 2 aromatic rings. The van der Waals surface area contributed by atoms with E-state index in [-0.39, 0.29) is 12.5 Å². The van der Waals surface area contributed by atoms with Gasteiger partial charge in [0.25, 0.3) is 5.91 Å². The minimum absolute atomic E-state index is 0.0714. The normalized spacial score (nSPS) is 10.6. The molecule has 0 bridgehead atoms. The number of nitrogens with zero attached hydrogens (tertiary/aromatic N) is 2. The number of rotatable bonds is 5. The molecule has 1 aromatic heterocycles. The molecule has 1 aromatic carbocycles. The van der Waals surface area contributed by atoms with Crippen molar-refractivity contribution in [2.45, 2.75) is 13.8 Å². The van der Waals surface area contributed by atoms with Crippen molar-refractivity contribution < 1.29 is 9.53 Å². The van der Waals surface area contributed by atoms with E-state index in [9.17, 15) is 4.79 Å². The van der Waals surface area contributed by atoms with Crippen LogP contribution in [0.15, 0.2) is 47.8 Å². The van der Waals surface area contributed by atoms with Crippen LogP contribution in [-0.4, -0.2) is 23.7 Å². The molecule has 0 saturated carbocycles. The maximum Gasteiger partial charge on any atom is 0.277 e. The zero-order chi connectivity index (χ0) is 15.1. The maximum atomic E-state index is 11.6. The number of nitrogens with one attached hydrogen (secondary N) is 1. The van der Waals surface area contributed by atoms with E-state index in [2.05, 4.69) is 15.5 Å². The molecule has 0 radical (unpaired) electrons. The summed E-state index contributed by atoms with van der Waals surface area (Å²) < 4.78 is 5.49. The molecule has 0 fully saturated rings. The van der Waals surface area contributed by atoms with Crippen molar-refractivity contribution in [2.75, 3.05) is 6.61 Å². The van der Waals surface area contributed by atoms with Crippen LogP contribution in [-0.2, 0) is 4.79 Å². The van der Waals surface area contributed by atoms with Gasteiger partial charge in [0.15, 0.2) is 6.61 Å². The third kappa shape index (κ3) is 4.42. The van der Waals surface area contributed by atoms with Crippen LogP contribution in [0.3, 0.4) is 0 Å². The van der Waals surface area contributed by atoms with Gasteiger partial charge in [0.2, 0.25) is 0 Å². The summed E-state index contributed by atoms with van der Waals surface area (Å²) in [5.74, 6) is 0.407. The lowest BCUT2D eigenvalue weighted by Crippen LogP contribution is -2.24. The topological polar surface area (TPSA) is 63.6 Å². The Balaban J connectivity index is 1.83. The number of hydrogen-bond acceptors (Lipinski definition) is 4. The number of aromatic nitrogens is 1. The molecule has 108 valence electrons. The van der Waals surface area contributed by atoms with E-state index in [0.29, 0.717) is 5.75 Å². The Morgan fingerprint density at radius 3 is 2.81 bits per heavy atom. The van der Waals surface area contributed by atoms with E-state index in [0.717, 1.165) is 16.7 Å². The second-order valence-corrected chi connectivity index (χ2v) is 4.56. The van der Waals surface area contributed by atoms with E-state index in [1.54, 1.807) is 30.7 Å². The molecule has 0 unspecified atom stereocenters. The van der Waals surface area contributed by atoms with Crippen LogP contribution in [0.4, 0.5) is 0 Å². The summed E-state index contributed by atoms with van der Waals surface area (Å²) in [7, 11) is 0. The zero-order valence-electron chi connectivity index (χ0n) is 12.0. The summed E-state index contributed by atoms with van der Waals surface area (Å²) >= 11 is 0. The van der Waals surface area contributed by atoms with Gasteiger partial charge in [-0.25, -0.2) is 5.43 Å². The lowest BCUT2D eigenvalue weighted by molar-refractivity contribution is -0.123. The Morgan fingerprint density at radius 1 is 1.29 bits per heavy atom. The van der Waals surface area contributed by atoms with E-state index < -0.39 is 0 Å². The molecule has 5 heteroatoms. The average molecular weight is 283 g/mol. The molecule has 21 heavy (non-hydrogen) atoms. The molecule has 0 aliphatic heterocycles. The minimum atomic E-state index is -0.304.